The van der Waals surface area contributed by atoms with Crippen LogP contribution in [0.25, 0.3) is 0 Å². The van der Waals surface area contributed by atoms with Crippen molar-refractivity contribution in [2.45, 2.75) is 19.4 Å². The lowest BCUT2D eigenvalue weighted by Gasteiger charge is -2.17. The van der Waals surface area contributed by atoms with Crippen molar-refractivity contribution in [1.29, 1.82) is 0 Å². The predicted octanol–water partition coefficient (Wildman–Crippen LogP) is 0.681. The summed E-state index contributed by atoms with van der Waals surface area (Å²) in [5, 5.41) is 6.35. The first-order valence-corrected chi connectivity index (χ1v) is 6.40. The third-order valence-corrected chi connectivity index (χ3v) is 3.10. The minimum atomic E-state index is 0.444. The Balaban J connectivity index is 1.94. The smallest absolute Gasteiger partial charge is 0.226 e. The second-order valence-corrected chi connectivity index (χ2v) is 4.27. The van der Waals surface area contributed by atoms with Gasteiger partial charge in [0.25, 0.3) is 0 Å². The zero-order valence-corrected chi connectivity index (χ0v) is 11.0. The van der Waals surface area contributed by atoms with E-state index < -0.39 is 0 Å². The molecular formula is C12H21N5O. The standard InChI is InChI=1S/C12H21N5O/c1-3-18-9-15-12-14-6-4-11(16-12)17-7-5-10(8-17)13-2/h4,6,10,13H,3,5,7-9H2,1-2H3,(H,14,15,16). The monoisotopic (exact) mass is 251 g/mol. The fraction of sp³-hybridized carbons (Fsp3) is 0.667. The summed E-state index contributed by atoms with van der Waals surface area (Å²) < 4.78 is 5.22. The molecule has 6 heteroatoms. The van der Waals surface area contributed by atoms with Gasteiger partial charge in [0, 0.05) is 31.9 Å². The molecule has 6 nitrogen and oxygen atoms in total. The summed E-state index contributed by atoms with van der Waals surface area (Å²) in [6.07, 6.45) is 2.94. The maximum absolute atomic E-state index is 5.22. The quantitative estimate of drug-likeness (QED) is 0.573. The summed E-state index contributed by atoms with van der Waals surface area (Å²) >= 11 is 0. The van der Waals surface area contributed by atoms with E-state index in [9.17, 15) is 0 Å². The van der Waals surface area contributed by atoms with Gasteiger partial charge in [0.15, 0.2) is 0 Å². The molecule has 0 bridgehead atoms. The maximum atomic E-state index is 5.22. The van der Waals surface area contributed by atoms with Crippen LogP contribution >= 0.6 is 0 Å². The Hall–Kier alpha value is -1.40. The number of hydrogen-bond acceptors (Lipinski definition) is 6. The Morgan fingerprint density at radius 1 is 1.56 bits per heavy atom. The van der Waals surface area contributed by atoms with Crippen LogP contribution in [-0.4, -0.2) is 49.5 Å². The van der Waals surface area contributed by atoms with Gasteiger partial charge in [0.05, 0.1) is 0 Å². The number of nitrogens with zero attached hydrogens (tertiary/aromatic N) is 3. The molecule has 18 heavy (non-hydrogen) atoms. The van der Waals surface area contributed by atoms with Gasteiger partial charge in [-0.25, -0.2) is 4.98 Å². The number of ether oxygens (including phenoxy) is 1. The average molecular weight is 251 g/mol. The topological polar surface area (TPSA) is 62.3 Å². The van der Waals surface area contributed by atoms with Crippen LogP contribution in [0.1, 0.15) is 13.3 Å². The maximum Gasteiger partial charge on any atom is 0.226 e. The van der Waals surface area contributed by atoms with Gasteiger partial charge in [0.2, 0.25) is 5.95 Å². The van der Waals surface area contributed by atoms with Crippen molar-refractivity contribution in [1.82, 2.24) is 15.3 Å². The zero-order valence-electron chi connectivity index (χ0n) is 11.0. The van der Waals surface area contributed by atoms with E-state index in [0.717, 1.165) is 25.3 Å². The van der Waals surface area contributed by atoms with Gasteiger partial charge in [0.1, 0.15) is 12.5 Å². The first kappa shape index (κ1) is 13.0. The van der Waals surface area contributed by atoms with Crippen molar-refractivity contribution in [3.8, 4) is 0 Å². The molecule has 1 aromatic heterocycles. The predicted molar refractivity (Wildman–Crippen MR) is 71.8 cm³/mol. The first-order chi connectivity index (χ1) is 8.83. The molecule has 2 N–H and O–H groups in total. The van der Waals surface area contributed by atoms with Crippen LogP contribution in [0.5, 0.6) is 0 Å². The number of likely N-dealkylation sites (N-methyl/N-ethyl adjacent to an activating group) is 1. The molecule has 1 atom stereocenters. The van der Waals surface area contributed by atoms with Crippen molar-refractivity contribution in [2.24, 2.45) is 0 Å². The fourth-order valence-electron chi connectivity index (χ4n) is 2.03. The van der Waals surface area contributed by atoms with Gasteiger partial charge in [-0.3, -0.25) is 0 Å². The largest absolute Gasteiger partial charge is 0.362 e. The lowest BCUT2D eigenvalue weighted by Crippen LogP contribution is -2.30. The summed E-state index contributed by atoms with van der Waals surface area (Å²) in [6.45, 7) is 5.12. The number of aromatic nitrogens is 2. The zero-order chi connectivity index (χ0) is 12.8. The van der Waals surface area contributed by atoms with E-state index in [0.29, 0.717) is 25.3 Å². The second-order valence-electron chi connectivity index (χ2n) is 4.27. The van der Waals surface area contributed by atoms with E-state index in [2.05, 4.69) is 25.5 Å². The summed E-state index contributed by atoms with van der Waals surface area (Å²) in [5.41, 5.74) is 0. The number of hydrogen-bond donors (Lipinski definition) is 2. The Kier molecular flexibility index (Phi) is 4.72. The van der Waals surface area contributed by atoms with Gasteiger partial charge >= 0.3 is 0 Å². The molecule has 0 aliphatic carbocycles. The highest BCUT2D eigenvalue weighted by molar-refractivity contribution is 5.43. The average Bonchev–Trinajstić information content (AvgIpc) is 2.88. The molecule has 0 saturated carbocycles. The summed E-state index contributed by atoms with van der Waals surface area (Å²) in [4.78, 5) is 10.9. The highest BCUT2D eigenvalue weighted by Gasteiger charge is 2.22. The Labute approximate surface area is 108 Å². The van der Waals surface area contributed by atoms with Gasteiger partial charge in [-0.2, -0.15) is 4.98 Å². The number of nitrogens with one attached hydrogen (secondary N) is 2. The second kappa shape index (κ2) is 6.51. The van der Waals surface area contributed by atoms with Crippen LogP contribution in [-0.2, 0) is 4.74 Å². The molecular weight excluding hydrogens is 230 g/mol. The van der Waals surface area contributed by atoms with E-state index >= 15 is 0 Å². The molecule has 2 rings (SSSR count). The molecule has 1 unspecified atom stereocenters. The fourth-order valence-corrected chi connectivity index (χ4v) is 2.03. The van der Waals surface area contributed by atoms with Crippen LogP contribution in [0.15, 0.2) is 12.3 Å². The summed E-state index contributed by atoms with van der Waals surface area (Å²) in [6, 6.07) is 2.50. The lowest BCUT2D eigenvalue weighted by atomic mass is 10.3. The third kappa shape index (κ3) is 3.30. The third-order valence-electron chi connectivity index (χ3n) is 3.10. The van der Waals surface area contributed by atoms with Crippen LogP contribution in [0.3, 0.4) is 0 Å². The molecule has 0 amide bonds. The van der Waals surface area contributed by atoms with E-state index in [1.54, 1.807) is 6.20 Å². The van der Waals surface area contributed by atoms with Gasteiger partial charge in [-0.1, -0.05) is 0 Å². The van der Waals surface area contributed by atoms with E-state index in [1.807, 2.05) is 20.0 Å². The minimum Gasteiger partial charge on any atom is -0.362 e. The number of rotatable bonds is 6. The van der Waals surface area contributed by atoms with E-state index in [-0.39, 0.29) is 0 Å². The molecule has 1 saturated heterocycles. The van der Waals surface area contributed by atoms with Crippen LogP contribution < -0.4 is 15.5 Å². The Bertz CT molecular complexity index is 373. The van der Waals surface area contributed by atoms with E-state index in [1.165, 1.54) is 0 Å². The van der Waals surface area contributed by atoms with Crippen molar-refractivity contribution >= 4 is 11.8 Å². The normalized spacial score (nSPS) is 19.2. The highest BCUT2D eigenvalue weighted by atomic mass is 16.5. The first-order valence-electron chi connectivity index (χ1n) is 6.40. The van der Waals surface area contributed by atoms with Crippen LogP contribution in [0, 0.1) is 0 Å². The van der Waals surface area contributed by atoms with Crippen molar-refractivity contribution < 1.29 is 4.74 Å². The molecule has 1 fully saturated rings. The molecule has 2 heterocycles. The summed E-state index contributed by atoms with van der Waals surface area (Å²) in [7, 11) is 2.00. The van der Waals surface area contributed by atoms with Gasteiger partial charge < -0.3 is 20.3 Å². The van der Waals surface area contributed by atoms with Crippen molar-refractivity contribution in [2.75, 3.05) is 43.7 Å². The van der Waals surface area contributed by atoms with Crippen LogP contribution in [0.2, 0.25) is 0 Å². The van der Waals surface area contributed by atoms with Crippen molar-refractivity contribution in [3.63, 3.8) is 0 Å². The molecule has 0 radical (unpaired) electrons. The molecule has 1 aliphatic heterocycles. The highest BCUT2D eigenvalue weighted by Crippen LogP contribution is 2.18. The van der Waals surface area contributed by atoms with Crippen LogP contribution in [0.4, 0.5) is 11.8 Å². The SMILES string of the molecule is CCOCNc1nccc(N2CCC(NC)C2)n1. The molecule has 0 aromatic carbocycles. The molecule has 0 spiro atoms. The summed E-state index contributed by atoms with van der Waals surface area (Å²) in [5.74, 6) is 1.59. The Morgan fingerprint density at radius 2 is 2.44 bits per heavy atom. The van der Waals surface area contributed by atoms with Gasteiger partial charge in [-0.15, -0.1) is 0 Å². The minimum absolute atomic E-state index is 0.444. The van der Waals surface area contributed by atoms with Crippen molar-refractivity contribution in [3.05, 3.63) is 12.3 Å². The Morgan fingerprint density at radius 3 is 3.17 bits per heavy atom. The van der Waals surface area contributed by atoms with Gasteiger partial charge in [-0.05, 0) is 26.5 Å². The molecule has 1 aromatic rings. The molecule has 1 aliphatic rings. The van der Waals surface area contributed by atoms with E-state index in [4.69, 9.17) is 4.74 Å². The molecule has 100 valence electrons. The lowest BCUT2D eigenvalue weighted by molar-refractivity contribution is 0.166. The number of anilines is 2.